The van der Waals surface area contributed by atoms with Crippen LogP contribution in [0.2, 0.25) is 0 Å². The first-order valence-corrected chi connectivity index (χ1v) is 13.8. The van der Waals surface area contributed by atoms with Crippen LogP contribution in [0, 0.1) is 0 Å². The van der Waals surface area contributed by atoms with Crippen molar-refractivity contribution in [1.29, 1.82) is 0 Å². The van der Waals surface area contributed by atoms with Gasteiger partial charge in [0.25, 0.3) is 5.91 Å². The van der Waals surface area contributed by atoms with Crippen molar-refractivity contribution in [1.82, 2.24) is 4.57 Å². The molecule has 0 atom stereocenters. The number of aryl methyl sites for hydroxylation is 1. The maximum absolute atomic E-state index is 12.7. The zero-order chi connectivity index (χ0) is 23.3. The molecule has 1 heterocycles. The maximum atomic E-state index is 12.7. The summed E-state index contributed by atoms with van der Waals surface area (Å²) in [6.45, 7) is 2.31. The molecule has 2 aromatic carbocycles. The quantitative estimate of drug-likeness (QED) is 0.452. The molecular weight excluding hydrogens is 468 g/mol. The molecule has 1 amide bonds. The number of hydrogen-bond donors (Lipinski definition) is 0. The smallest absolute Gasteiger partial charge is 0.252 e. The molecule has 10 heteroatoms. The summed E-state index contributed by atoms with van der Waals surface area (Å²) in [5, 5.41) is 0. The number of thiazole rings is 1. The van der Waals surface area contributed by atoms with E-state index in [1.54, 1.807) is 45.0 Å². The normalized spacial score (nSPS) is 12.3. The average molecular weight is 495 g/mol. The standard InChI is InChI=1S/C22H26N2O5S3/c1-5-32(26,27)16-8-6-15(7-9-16)12-21(25)23-22-24(10-11-30-4)17-13-18(28-2)19(29-3)14-20(17)31-22/h6-9,13-14H,5,10-12H2,1-4H3. The van der Waals surface area contributed by atoms with Gasteiger partial charge in [-0.25, -0.2) is 8.42 Å². The number of fused-ring (bicyclic) bond motifs is 1. The third-order valence-electron chi connectivity index (χ3n) is 4.95. The molecule has 32 heavy (non-hydrogen) atoms. The molecule has 0 spiro atoms. The first kappa shape index (κ1) is 24.3. The van der Waals surface area contributed by atoms with Gasteiger partial charge in [-0.15, -0.1) is 0 Å². The van der Waals surface area contributed by atoms with Gasteiger partial charge in [0.2, 0.25) is 0 Å². The highest BCUT2D eigenvalue weighted by Crippen LogP contribution is 2.33. The molecular formula is C22H26N2O5S3. The number of carbonyl (C=O) groups excluding carboxylic acids is 1. The van der Waals surface area contributed by atoms with Gasteiger partial charge < -0.3 is 14.0 Å². The van der Waals surface area contributed by atoms with E-state index in [1.165, 1.54) is 23.5 Å². The van der Waals surface area contributed by atoms with Crippen LogP contribution in [0.4, 0.5) is 0 Å². The second kappa shape index (κ2) is 10.5. The monoisotopic (exact) mass is 494 g/mol. The molecule has 0 aliphatic rings. The molecule has 7 nitrogen and oxygen atoms in total. The Balaban J connectivity index is 1.96. The lowest BCUT2D eigenvalue weighted by molar-refractivity contribution is -0.117. The molecule has 0 saturated carbocycles. The number of amides is 1. The fourth-order valence-electron chi connectivity index (χ4n) is 3.18. The van der Waals surface area contributed by atoms with Crippen molar-refractivity contribution in [2.24, 2.45) is 4.99 Å². The van der Waals surface area contributed by atoms with Gasteiger partial charge in [-0.1, -0.05) is 30.4 Å². The summed E-state index contributed by atoms with van der Waals surface area (Å²) in [7, 11) is -0.0858. The van der Waals surface area contributed by atoms with E-state index in [2.05, 4.69) is 4.99 Å². The summed E-state index contributed by atoms with van der Waals surface area (Å²) < 4.78 is 37.7. The van der Waals surface area contributed by atoms with Crippen molar-refractivity contribution in [2.75, 3.05) is 32.0 Å². The molecule has 0 bridgehead atoms. The molecule has 0 aliphatic carbocycles. The number of ether oxygens (including phenoxy) is 2. The van der Waals surface area contributed by atoms with Crippen LogP contribution in [0.5, 0.6) is 11.5 Å². The highest BCUT2D eigenvalue weighted by molar-refractivity contribution is 7.98. The first-order chi connectivity index (χ1) is 15.3. The first-order valence-electron chi connectivity index (χ1n) is 9.96. The Morgan fingerprint density at radius 1 is 1.12 bits per heavy atom. The number of benzene rings is 2. The number of thioether (sulfide) groups is 1. The number of aromatic nitrogens is 1. The van der Waals surface area contributed by atoms with Crippen LogP contribution >= 0.6 is 23.1 Å². The lowest BCUT2D eigenvalue weighted by atomic mass is 10.1. The van der Waals surface area contributed by atoms with Crippen molar-refractivity contribution >= 4 is 49.1 Å². The predicted octanol–water partition coefficient (Wildman–Crippen LogP) is 3.55. The lowest BCUT2D eigenvalue weighted by Crippen LogP contribution is -2.18. The Bertz CT molecular complexity index is 1280. The molecule has 3 rings (SSSR count). The third kappa shape index (κ3) is 5.36. The van der Waals surface area contributed by atoms with Gasteiger partial charge >= 0.3 is 0 Å². The number of sulfone groups is 1. The number of rotatable bonds is 9. The summed E-state index contributed by atoms with van der Waals surface area (Å²) in [6.07, 6.45) is 2.12. The topological polar surface area (TPSA) is 87.0 Å². The van der Waals surface area contributed by atoms with Crippen molar-refractivity contribution in [3.05, 3.63) is 46.8 Å². The van der Waals surface area contributed by atoms with Gasteiger partial charge in [-0.05, 0) is 24.0 Å². The van der Waals surface area contributed by atoms with Crippen molar-refractivity contribution in [2.45, 2.75) is 24.8 Å². The lowest BCUT2D eigenvalue weighted by Gasteiger charge is -2.09. The summed E-state index contributed by atoms with van der Waals surface area (Å²) in [5.41, 5.74) is 1.65. The van der Waals surface area contributed by atoms with Crippen LogP contribution < -0.4 is 14.3 Å². The predicted molar refractivity (Wildman–Crippen MR) is 130 cm³/mol. The van der Waals surface area contributed by atoms with Crippen LogP contribution in [0.25, 0.3) is 10.2 Å². The van der Waals surface area contributed by atoms with E-state index in [-0.39, 0.29) is 23.0 Å². The average Bonchev–Trinajstić information content (AvgIpc) is 3.12. The SMILES string of the molecule is CCS(=O)(=O)c1ccc(CC(=O)N=c2sc3cc(OC)c(OC)cc3n2CCSC)cc1. The van der Waals surface area contributed by atoms with E-state index in [4.69, 9.17) is 9.47 Å². The molecule has 0 radical (unpaired) electrons. The van der Waals surface area contributed by atoms with Crippen LogP contribution in [-0.4, -0.2) is 50.9 Å². The molecule has 172 valence electrons. The van der Waals surface area contributed by atoms with Gasteiger partial charge in [-0.3, -0.25) is 4.79 Å². The minimum absolute atomic E-state index is 0.0398. The van der Waals surface area contributed by atoms with Crippen LogP contribution in [0.15, 0.2) is 46.3 Å². The summed E-state index contributed by atoms with van der Waals surface area (Å²) in [6, 6.07) is 10.2. The Hall–Kier alpha value is -2.30. The number of methoxy groups -OCH3 is 2. The highest BCUT2D eigenvalue weighted by Gasteiger charge is 2.14. The highest BCUT2D eigenvalue weighted by atomic mass is 32.2. The summed E-state index contributed by atoms with van der Waals surface area (Å²) in [4.78, 5) is 18.0. The van der Waals surface area contributed by atoms with Gasteiger partial charge in [0.15, 0.2) is 26.1 Å². The molecule has 0 unspecified atom stereocenters. The van der Waals surface area contributed by atoms with Gasteiger partial charge in [0.05, 0.1) is 41.5 Å². The van der Waals surface area contributed by atoms with Crippen molar-refractivity contribution in [3.8, 4) is 11.5 Å². The van der Waals surface area contributed by atoms with Gasteiger partial charge in [0, 0.05) is 24.4 Å². The van der Waals surface area contributed by atoms with E-state index in [0.29, 0.717) is 28.4 Å². The molecule has 0 aliphatic heterocycles. The van der Waals surface area contributed by atoms with E-state index in [9.17, 15) is 13.2 Å². The second-order valence-corrected chi connectivity index (χ2v) is 11.2. The second-order valence-electron chi connectivity index (χ2n) is 6.93. The zero-order valence-corrected chi connectivity index (χ0v) is 20.9. The summed E-state index contributed by atoms with van der Waals surface area (Å²) >= 11 is 3.14. The Morgan fingerprint density at radius 2 is 1.78 bits per heavy atom. The van der Waals surface area contributed by atoms with Crippen molar-refractivity contribution < 1.29 is 22.7 Å². The molecule has 0 fully saturated rings. The molecule has 0 N–H and O–H groups in total. The van der Waals surface area contributed by atoms with E-state index in [1.807, 2.05) is 23.0 Å². The van der Waals surface area contributed by atoms with Crippen LogP contribution in [0.1, 0.15) is 12.5 Å². The van der Waals surface area contributed by atoms with Gasteiger partial charge in [-0.2, -0.15) is 16.8 Å². The minimum Gasteiger partial charge on any atom is -0.493 e. The largest absolute Gasteiger partial charge is 0.493 e. The molecule has 1 aromatic heterocycles. The zero-order valence-electron chi connectivity index (χ0n) is 18.5. The maximum Gasteiger partial charge on any atom is 0.252 e. The van der Waals surface area contributed by atoms with E-state index >= 15 is 0 Å². The van der Waals surface area contributed by atoms with E-state index in [0.717, 1.165) is 16.0 Å². The molecule has 3 aromatic rings. The number of nitrogens with zero attached hydrogens (tertiary/aromatic N) is 2. The van der Waals surface area contributed by atoms with Crippen LogP contribution in [0.3, 0.4) is 0 Å². The minimum atomic E-state index is -3.27. The fraction of sp³-hybridized carbons (Fsp3) is 0.364. The third-order valence-corrected chi connectivity index (χ3v) is 8.33. The number of carbonyl (C=O) groups is 1. The molecule has 0 saturated heterocycles. The van der Waals surface area contributed by atoms with Crippen LogP contribution in [-0.2, 0) is 27.6 Å². The fourth-order valence-corrected chi connectivity index (χ4v) is 5.52. The Labute approximate surface area is 196 Å². The number of hydrogen-bond acceptors (Lipinski definition) is 7. The Morgan fingerprint density at radius 3 is 2.38 bits per heavy atom. The van der Waals surface area contributed by atoms with E-state index < -0.39 is 9.84 Å². The summed E-state index contributed by atoms with van der Waals surface area (Å²) in [5.74, 6) is 1.86. The van der Waals surface area contributed by atoms with Gasteiger partial charge in [0.1, 0.15) is 0 Å². The Kier molecular flexibility index (Phi) is 8.02. The van der Waals surface area contributed by atoms with Crippen molar-refractivity contribution in [3.63, 3.8) is 0 Å².